The fourth-order valence-electron chi connectivity index (χ4n) is 2.14. The lowest BCUT2D eigenvalue weighted by Crippen LogP contribution is -2.05. The number of nitrogens with zero attached hydrogens (tertiary/aromatic N) is 4. The molecule has 0 bridgehead atoms. The summed E-state index contributed by atoms with van der Waals surface area (Å²) < 4.78 is 1.63. The van der Waals surface area contributed by atoms with E-state index in [-0.39, 0.29) is 12.3 Å². The molecule has 2 N–H and O–H groups in total. The van der Waals surface area contributed by atoms with Gasteiger partial charge in [-0.2, -0.15) is 0 Å². The third-order valence-electron chi connectivity index (χ3n) is 3.08. The summed E-state index contributed by atoms with van der Waals surface area (Å²) in [6.07, 6.45) is 2.40. The van der Waals surface area contributed by atoms with Crippen LogP contribution in [0.4, 0.5) is 0 Å². The highest BCUT2D eigenvalue weighted by atomic mass is 32.1. The first-order valence-corrected chi connectivity index (χ1v) is 7.58. The molecular weight excluding hydrogens is 292 g/mol. The van der Waals surface area contributed by atoms with Crippen LogP contribution in [-0.2, 0) is 6.54 Å². The van der Waals surface area contributed by atoms with Crippen LogP contribution < -0.4 is 0 Å². The monoisotopic (exact) mass is 310 g/mol. The van der Waals surface area contributed by atoms with Crippen LogP contribution >= 0.6 is 11.3 Å². The van der Waals surface area contributed by atoms with E-state index in [0.29, 0.717) is 12.2 Å². The molecule has 2 heterocycles. The van der Waals surface area contributed by atoms with E-state index in [1.165, 1.54) is 11.3 Å². The molecule has 0 saturated carbocycles. The minimum atomic E-state index is -1.09. The molecule has 0 amide bonds. The van der Waals surface area contributed by atoms with Crippen LogP contribution in [0.3, 0.4) is 0 Å². The summed E-state index contributed by atoms with van der Waals surface area (Å²) in [6.45, 7) is 4.48. The van der Waals surface area contributed by atoms with Crippen molar-refractivity contribution in [2.75, 3.05) is 6.61 Å². The zero-order chi connectivity index (χ0) is 15.4. The van der Waals surface area contributed by atoms with Crippen molar-refractivity contribution in [1.82, 2.24) is 20.0 Å². The summed E-state index contributed by atoms with van der Waals surface area (Å²) in [4.78, 5) is 16.5. The maximum Gasteiger partial charge on any atom is 0.358 e. The van der Waals surface area contributed by atoms with Crippen molar-refractivity contribution in [2.24, 2.45) is 0 Å². The zero-order valence-electron chi connectivity index (χ0n) is 12.0. The van der Waals surface area contributed by atoms with Gasteiger partial charge < -0.3 is 10.2 Å². The molecule has 0 aliphatic carbocycles. The molecule has 2 aromatic heterocycles. The summed E-state index contributed by atoms with van der Waals surface area (Å²) in [5, 5.41) is 26.7. The van der Waals surface area contributed by atoms with Crippen LogP contribution in [0, 0.1) is 13.8 Å². The Kier molecular flexibility index (Phi) is 5.03. The normalized spacial score (nSPS) is 11.0. The number of aromatic nitrogens is 4. The Morgan fingerprint density at radius 1 is 1.29 bits per heavy atom. The summed E-state index contributed by atoms with van der Waals surface area (Å²) >= 11 is 1.45. The van der Waals surface area contributed by atoms with E-state index >= 15 is 0 Å². The predicted octanol–water partition coefficient (Wildman–Crippen LogP) is 1.88. The lowest BCUT2D eigenvalue weighted by molar-refractivity contribution is 0.0691. The van der Waals surface area contributed by atoms with Crippen LogP contribution in [0.2, 0.25) is 0 Å². The van der Waals surface area contributed by atoms with Crippen molar-refractivity contribution < 1.29 is 15.0 Å². The molecule has 114 valence electrons. The van der Waals surface area contributed by atoms with Crippen molar-refractivity contribution in [3.05, 3.63) is 16.4 Å². The molecule has 0 aliphatic heterocycles. The zero-order valence-corrected chi connectivity index (χ0v) is 12.9. The van der Waals surface area contributed by atoms with Crippen molar-refractivity contribution in [2.45, 2.75) is 39.7 Å². The second kappa shape index (κ2) is 6.77. The van der Waals surface area contributed by atoms with E-state index in [0.717, 1.165) is 34.8 Å². The van der Waals surface area contributed by atoms with Gasteiger partial charge >= 0.3 is 5.97 Å². The van der Waals surface area contributed by atoms with Gasteiger partial charge in [-0.25, -0.2) is 14.5 Å². The number of thiazole rings is 1. The van der Waals surface area contributed by atoms with Gasteiger partial charge in [-0.15, -0.1) is 16.4 Å². The number of hydrogen-bond acceptors (Lipinski definition) is 6. The number of aryl methyl sites for hydroxylation is 3. The Hall–Kier alpha value is -1.80. The first-order chi connectivity index (χ1) is 10.0. The second-order valence-corrected chi connectivity index (χ2v) is 5.95. The average molecular weight is 310 g/mol. The summed E-state index contributed by atoms with van der Waals surface area (Å²) in [7, 11) is 0. The highest BCUT2D eigenvalue weighted by Gasteiger charge is 2.23. The Bertz CT molecular complexity index is 635. The van der Waals surface area contributed by atoms with Gasteiger partial charge in [-0.05, 0) is 33.1 Å². The lowest BCUT2D eigenvalue weighted by atomic mass is 10.2. The molecule has 2 rings (SSSR count). The highest BCUT2D eigenvalue weighted by molar-refractivity contribution is 7.15. The van der Waals surface area contributed by atoms with Crippen LogP contribution in [0.1, 0.15) is 40.5 Å². The molecule has 7 nitrogen and oxygen atoms in total. The molecule has 21 heavy (non-hydrogen) atoms. The van der Waals surface area contributed by atoms with Crippen LogP contribution in [0.15, 0.2) is 0 Å². The van der Waals surface area contributed by atoms with E-state index in [9.17, 15) is 9.90 Å². The van der Waals surface area contributed by atoms with Crippen molar-refractivity contribution >= 4 is 17.3 Å². The third-order valence-corrected chi connectivity index (χ3v) is 4.16. The van der Waals surface area contributed by atoms with Gasteiger partial charge in [0.25, 0.3) is 0 Å². The van der Waals surface area contributed by atoms with E-state index in [1.54, 1.807) is 4.68 Å². The van der Waals surface area contributed by atoms with Gasteiger partial charge in [0, 0.05) is 13.2 Å². The largest absolute Gasteiger partial charge is 0.476 e. The summed E-state index contributed by atoms with van der Waals surface area (Å²) in [5.74, 6) is -1.09. The number of unbranched alkanes of at least 4 members (excludes halogenated alkanes) is 2. The van der Waals surface area contributed by atoms with Gasteiger partial charge in [-0.1, -0.05) is 5.21 Å². The quantitative estimate of drug-likeness (QED) is 0.757. The molecule has 0 saturated heterocycles. The molecule has 8 heteroatoms. The van der Waals surface area contributed by atoms with E-state index in [2.05, 4.69) is 15.3 Å². The number of carboxylic acid groups (broad SMARTS) is 1. The van der Waals surface area contributed by atoms with E-state index < -0.39 is 5.97 Å². The van der Waals surface area contributed by atoms with Gasteiger partial charge in [0.1, 0.15) is 5.69 Å². The fourth-order valence-corrected chi connectivity index (χ4v) is 3.11. The number of aromatic carboxylic acids is 1. The third kappa shape index (κ3) is 3.45. The number of aliphatic hydroxyl groups is 1. The maximum absolute atomic E-state index is 11.3. The van der Waals surface area contributed by atoms with E-state index in [1.807, 2.05) is 13.8 Å². The maximum atomic E-state index is 11.3. The van der Waals surface area contributed by atoms with Gasteiger partial charge in [-0.3, -0.25) is 0 Å². The molecule has 0 unspecified atom stereocenters. The number of carboxylic acids is 1. The molecule has 0 aliphatic rings. The summed E-state index contributed by atoms with van der Waals surface area (Å²) in [5.41, 5.74) is 1.28. The van der Waals surface area contributed by atoms with Crippen molar-refractivity contribution in [1.29, 1.82) is 0 Å². The Morgan fingerprint density at radius 3 is 2.62 bits per heavy atom. The number of rotatable bonds is 7. The topological polar surface area (TPSA) is 101 Å². The molecule has 0 aromatic carbocycles. The minimum Gasteiger partial charge on any atom is -0.476 e. The minimum absolute atomic E-state index is 0.0380. The van der Waals surface area contributed by atoms with Gasteiger partial charge in [0.15, 0.2) is 5.69 Å². The van der Waals surface area contributed by atoms with Crippen LogP contribution in [0.5, 0.6) is 0 Å². The molecule has 0 atom stereocenters. The average Bonchev–Trinajstić information content (AvgIpc) is 2.97. The highest BCUT2D eigenvalue weighted by Crippen LogP contribution is 2.31. The Balaban J connectivity index is 2.34. The smallest absolute Gasteiger partial charge is 0.358 e. The summed E-state index contributed by atoms with van der Waals surface area (Å²) in [6, 6.07) is 0. The molecule has 2 aromatic rings. The lowest BCUT2D eigenvalue weighted by Gasteiger charge is -2.05. The Labute approximate surface area is 126 Å². The van der Waals surface area contributed by atoms with Crippen molar-refractivity contribution in [3.8, 4) is 10.6 Å². The number of hydrogen-bond donors (Lipinski definition) is 2. The standard InChI is InChI=1S/C13H18N4O3S/c1-8-12(21-9(2)14-8)11-10(13(19)20)15-16-17(11)6-4-3-5-7-18/h18H,3-7H2,1-2H3,(H,19,20). The predicted molar refractivity (Wildman–Crippen MR) is 78.5 cm³/mol. The molecule has 0 spiro atoms. The molecular formula is C13H18N4O3S. The van der Waals surface area contributed by atoms with Crippen LogP contribution in [-0.4, -0.2) is 42.8 Å². The first kappa shape index (κ1) is 15.6. The molecule has 0 fully saturated rings. The SMILES string of the molecule is Cc1nc(C)c(-c2c(C(=O)O)nnn2CCCCCO)s1. The van der Waals surface area contributed by atoms with Gasteiger partial charge in [0.2, 0.25) is 0 Å². The Morgan fingerprint density at radius 2 is 2.05 bits per heavy atom. The van der Waals surface area contributed by atoms with Crippen LogP contribution in [0.25, 0.3) is 10.6 Å². The van der Waals surface area contributed by atoms with Crippen molar-refractivity contribution in [3.63, 3.8) is 0 Å². The second-order valence-electron chi connectivity index (χ2n) is 4.75. The van der Waals surface area contributed by atoms with E-state index in [4.69, 9.17) is 5.11 Å². The molecule has 0 radical (unpaired) electrons. The number of carbonyl (C=O) groups is 1. The fraction of sp³-hybridized carbons (Fsp3) is 0.538. The first-order valence-electron chi connectivity index (χ1n) is 6.76. The number of aliphatic hydroxyl groups excluding tert-OH is 1. The van der Waals surface area contributed by atoms with Gasteiger partial charge in [0.05, 0.1) is 15.6 Å².